The Hall–Kier alpha value is -1.26. The first-order valence-electron chi connectivity index (χ1n) is 6.67. The van der Waals surface area contributed by atoms with Crippen LogP contribution in [0.5, 0.6) is 0 Å². The number of carbonyl (C=O) groups excluding carboxylic acids is 1. The monoisotopic (exact) mass is 255 g/mol. The first-order chi connectivity index (χ1) is 8.38. The fraction of sp³-hybridized carbons (Fsp3) is 0.846. The van der Waals surface area contributed by atoms with E-state index in [1.54, 1.807) is 6.92 Å². The van der Waals surface area contributed by atoms with E-state index in [9.17, 15) is 4.79 Å². The van der Waals surface area contributed by atoms with Crippen molar-refractivity contribution < 1.29 is 10.0 Å². The summed E-state index contributed by atoms with van der Waals surface area (Å²) in [7, 11) is 0. The van der Waals surface area contributed by atoms with Crippen LogP contribution in [0.25, 0.3) is 0 Å². The van der Waals surface area contributed by atoms with E-state index >= 15 is 0 Å². The Bertz CT molecular complexity index is 341. The van der Waals surface area contributed by atoms with Gasteiger partial charge in [0, 0.05) is 12.6 Å². The molecule has 1 fully saturated rings. The minimum atomic E-state index is -0.897. The van der Waals surface area contributed by atoms with Gasteiger partial charge in [-0.3, -0.25) is 4.79 Å². The topological polar surface area (TPSA) is 78.9 Å². The minimum Gasteiger partial charge on any atom is -0.409 e. The number of nitrogens with zero attached hydrogens (tertiary/aromatic N) is 2. The number of likely N-dealkylation sites (tertiary alicyclic amines) is 1. The van der Waals surface area contributed by atoms with E-state index in [0.29, 0.717) is 12.3 Å². The summed E-state index contributed by atoms with van der Waals surface area (Å²) in [5.74, 6) is 0.422. The molecule has 1 heterocycles. The van der Waals surface area contributed by atoms with E-state index in [1.165, 1.54) is 0 Å². The van der Waals surface area contributed by atoms with Crippen LogP contribution >= 0.6 is 0 Å². The molecule has 104 valence electrons. The average molecular weight is 255 g/mol. The first-order valence-corrected chi connectivity index (χ1v) is 6.67. The van der Waals surface area contributed by atoms with Crippen LogP contribution in [-0.2, 0) is 4.79 Å². The Morgan fingerprint density at radius 2 is 2.22 bits per heavy atom. The smallest absolute Gasteiger partial charge is 0.236 e. The fourth-order valence-corrected chi connectivity index (χ4v) is 2.61. The molecule has 0 spiro atoms. The molecule has 18 heavy (non-hydrogen) atoms. The van der Waals surface area contributed by atoms with E-state index in [0.717, 1.165) is 19.4 Å². The number of oxime groups is 1. The molecule has 0 aromatic heterocycles. The molecule has 0 radical (unpaired) electrons. The SMILES string of the molecule is CCC(C)(C(=O)N1CCCC1C(C)C)C(N)=NO. The van der Waals surface area contributed by atoms with Crippen molar-refractivity contribution in [3.05, 3.63) is 0 Å². The standard InChI is InChI=1S/C13H25N3O2/c1-5-13(4,11(14)15-18)12(17)16-8-6-7-10(16)9(2)3/h9-10,18H,5-8H2,1-4H3,(H2,14,15). The van der Waals surface area contributed by atoms with E-state index in [4.69, 9.17) is 10.9 Å². The number of hydrogen-bond donors (Lipinski definition) is 2. The van der Waals surface area contributed by atoms with Gasteiger partial charge in [0.2, 0.25) is 5.91 Å². The molecule has 3 N–H and O–H groups in total. The molecule has 0 aliphatic carbocycles. The van der Waals surface area contributed by atoms with Crippen molar-refractivity contribution in [2.45, 2.75) is 53.0 Å². The van der Waals surface area contributed by atoms with Gasteiger partial charge in [0.1, 0.15) is 5.41 Å². The van der Waals surface area contributed by atoms with Gasteiger partial charge in [0.15, 0.2) is 5.84 Å². The summed E-state index contributed by atoms with van der Waals surface area (Å²) in [4.78, 5) is 14.6. The number of amidine groups is 1. The zero-order valence-electron chi connectivity index (χ0n) is 11.8. The van der Waals surface area contributed by atoms with Crippen LogP contribution in [0.4, 0.5) is 0 Å². The van der Waals surface area contributed by atoms with E-state index < -0.39 is 5.41 Å². The molecular formula is C13H25N3O2. The Labute approximate surface area is 109 Å². The second kappa shape index (κ2) is 5.59. The molecule has 0 aromatic carbocycles. The molecule has 1 aliphatic heterocycles. The molecule has 0 saturated carbocycles. The van der Waals surface area contributed by atoms with Gasteiger partial charge < -0.3 is 15.8 Å². The highest BCUT2D eigenvalue weighted by molar-refractivity contribution is 6.06. The number of rotatable bonds is 4. The van der Waals surface area contributed by atoms with Crippen LogP contribution in [0.3, 0.4) is 0 Å². The molecule has 0 bridgehead atoms. The summed E-state index contributed by atoms with van der Waals surface area (Å²) in [5, 5.41) is 11.9. The van der Waals surface area contributed by atoms with Crippen LogP contribution in [-0.4, -0.2) is 34.4 Å². The highest BCUT2D eigenvalue weighted by Gasteiger charge is 2.43. The first kappa shape index (κ1) is 14.8. The third-order valence-electron chi connectivity index (χ3n) is 4.18. The van der Waals surface area contributed by atoms with Crippen LogP contribution in [0.15, 0.2) is 5.16 Å². The van der Waals surface area contributed by atoms with Crippen molar-refractivity contribution in [1.29, 1.82) is 0 Å². The molecule has 1 saturated heterocycles. The van der Waals surface area contributed by atoms with Gasteiger partial charge in [-0.15, -0.1) is 0 Å². The molecule has 1 rings (SSSR count). The summed E-state index contributed by atoms with van der Waals surface area (Å²) in [6.45, 7) is 8.67. The molecule has 2 atom stereocenters. The highest BCUT2D eigenvalue weighted by atomic mass is 16.4. The molecule has 5 heteroatoms. The van der Waals surface area contributed by atoms with Crippen LogP contribution < -0.4 is 5.73 Å². The Kier molecular flexibility index (Phi) is 4.59. The summed E-state index contributed by atoms with van der Waals surface area (Å²) in [6, 6.07) is 0.273. The lowest BCUT2D eigenvalue weighted by Crippen LogP contribution is -2.51. The number of hydrogen-bond acceptors (Lipinski definition) is 3. The maximum absolute atomic E-state index is 12.7. The van der Waals surface area contributed by atoms with Crippen LogP contribution in [0, 0.1) is 11.3 Å². The molecule has 1 aliphatic rings. The van der Waals surface area contributed by atoms with Gasteiger partial charge in [-0.1, -0.05) is 25.9 Å². The minimum absolute atomic E-state index is 0.00408. The normalized spacial score (nSPS) is 24.4. The summed E-state index contributed by atoms with van der Waals surface area (Å²) in [6.07, 6.45) is 2.60. The molecule has 0 aromatic rings. The van der Waals surface area contributed by atoms with E-state index in [1.807, 2.05) is 11.8 Å². The fourth-order valence-electron chi connectivity index (χ4n) is 2.61. The van der Waals surface area contributed by atoms with E-state index in [-0.39, 0.29) is 17.8 Å². The van der Waals surface area contributed by atoms with Gasteiger partial charge in [-0.25, -0.2) is 0 Å². The predicted molar refractivity (Wildman–Crippen MR) is 71.4 cm³/mol. The molecule has 1 amide bonds. The van der Waals surface area contributed by atoms with Crippen molar-refractivity contribution in [1.82, 2.24) is 4.90 Å². The van der Waals surface area contributed by atoms with Gasteiger partial charge in [-0.05, 0) is 32.1 Å². The third-order valence-corrected chi connectivity index (χ3v) is 4.18. The quantitative estimate of drug-likeness (QED) is 0.348. The third kappa shape index (κ3) is 2.44. The van der Waals surface area contributed by atoms with Crippen molar-refractivity contribution in [3.63, 3.8) is 0 Å². The van der Waals surface area contributed by atoms with Gasteiger partial charge >= 0.3 is 0 Å². The van der Waals surface area contributed by atoms with Gasteiger partial charge in [0.25, 0.3) is 0 Å². The Balaban J connectivity index is 2.98. The lowest BCUT2D eigenvalue weighted by molar-refractivity contribution is -0.139. The molecule has 2 unspecified atom stereocenters. The van der Waals surface area contributed by atoms with Crippen molar-refractivity contribution in [2.75, 3.05) is 6.54 Å². The Morgan fingerprint density at radius 1 is 1.61 bits per heavy atom. The van der Waals surface area contributed by atoms with Gasteiger partial charge in [-0.2, -0.15) is 0 Å². The zero-order chi connectivity index (χ0) is 13.9. The second-order valence-electron chi connectivity index (χ2n) is 5.62. The largest absolute Gasteiger partial charge is 0.409 e. The summed E-state index contributed by atoms with van der Waals surface area (Å²) in [5.41, 5.74) is 4.81. The maximum Gasteiger partial charge on any atom is 0.236 e. The highest BCUT2D eigenvalue weighted by Crippen LogP contribution is 2.31. The van der Waals surface area contributed by atoms with Crippen molar-refractivity contribution in [3.8, 4) is 0 Å². The number of amides is 1. The van der Waals surface area contributed by atoms with Crippen LogP contribution in [0.2, 0.25) is 0 Å². The zero-order valence-corrected chi connectivity index (χ0v) is 11.8. The summed E-state index contributed by atoms with van der Waals surface area (Å²) >= 11 is 0. The Morgan fingerprint density at radius 3 is 2.67 bits per heavy atom. The van der Waals surface area contributed by atoms with Crippen molar-refractivity contribution in [2.24, 2.45) is 22.2 Å². The van der Waals surface area contributed by atoms with E-state index in [2.05, 4.69) is 19.0 Å². The number of carbonyl (C=O) groups is 1. The molecular weight excluding hydrogens is 230 g/mol. The predicted octanol–water partition coefficient (Wildman–Crippen LogP) is 1.80. The van der Waals surface area contributed by atoms with Crippen molar-refractivity contribution >= 4 is 11.7 Å². The average Bonchev–Trinajstić information content (AvgIpc) is 2.84. The maximum atomic E-state index is 12.7. The summed E-state index contributed by atoms with van der Waals surface area (Å²) < 4.78 is 0. The molecule has 5 nitrogen and oxygen atoms in total. The lowest BCUT2D eigenvalue weighted by Gasteiger charge is -2.35. The lowest BCUT2D eigenvalue weighted by atomic mass is 9.84. The number of nitrogens with two attached hydrogens (primary N) is 1. The van der Waals surface area contributed by atoms with Crippen LogP contribution in [0.1, 0.15) is 47.0 Å². The van der Waals surface area contributed by atoms with Gasteiger partial charge in [0.05, 0.1) is 0 Å². The second-order valence-corrected chi connectivity index (χ2v) is 5.62.